The van der Waals surface area contributed by atoms with Gasteiger partial charge in [0, 0.05) is 17.8 Å². The van der Waals surface area contributed by atoms with Gasteiger partial charge in [0.05, 0.1) is 15.6 Å². The minimum atomic E-state index is -5.25. The van der Waals surface area contributed by atoms with Crippen molar-refractivity contribution in [2.75, 3.05) is 5.32 Å². The maximum Gasteiger partial charge on any atom is 0.492 e. The Morgan fingerprint density at radius 3 is 1.79 bits per heavy atom. The molecule has 13 heteroatoms. The van der Waals surface area contributed by atoms with Crippen LogP contribution in [0.4, 0.5) is 36.8 Å². The van der Waals surface area contributed by atoms with Crippen molar-refractivity contribution in [1.82, 2.24) is 5.32 Å². The molecule has 0 spiro atoms. The number of ether oxygens (including phenoxy) is 2. The van der Waals surface area contributed by atoms with Crippen LogP contribution in [0.1, 0.15) is 5.56 Å². The Morgan fingerprint density at radius 2 is 1.38 bits per heavy atom. The van der Waals surface area contributed by atoms with Crippen LogP contribution in [0, 0.1) is 0 Å². The highest BCUT2D eigenvalue weighted by molar-refractivity contribution is 6.42. The summed E-state index contributed by atoms with van der Waals surface area (Å²) in [7, 11) is 0. The van der Waals surface area contributed by atoms with Gasteiger partial charge < -0.3 is 14.8 Å². The van der Waals surface area contributed by atoms with Crippen molar-refractivity contribution in [3.63, 3.8) is 0 Å². The molecule has 0 fully saturated rings. The van der Waals surface area contributed by atoms with E-state index in [1.54, 1.807) is 0 Å². The normalized spacial score (nSPS) is 15.2. The molecule has 2 amide bonds. The molecule has 1 aliphatic rings. The average Bonchev–Trinajstić information content (AvgIpc) is 2.92. The van der Waals surface area contributed by atoms with Crippen LogP contribution in [-0.2, 0) is 6.18 Å². The van der Waals surface area contributed by atoms with Gasteiger partial charge in [-0.2, -0.15) is 26.3 Å². The monoisotopic (exact) mass is 460 g/mol. The van der Waals surface area contributed by atoms with Crippen LogP contribution in [0.5, 0.6) is 11.5 Å². The van der Waals surface area contributed by atoms with Crippen molar-refractivity contribution in [2.45, 2.75) is 18.3 Å². The summed E-state index contributed by atoms with van der Waals surface area (Å²) in [5.41, 5.74) is -1.20. The highest BCUT2D eigenvalue weighted by atomic mass is 35.5. The quantitative estimate of drug-likeness (QED) is 0.555. The molecule has 2 aromatic rings. The molecule has 2 N–H and O–H groups in total. The Morgan fingerprint density at radius 1 is 0.897 bits per heavy atom. The largest absolute Gasteiger partial charge is 0.492 e. The summed E-state index contributed by atoms with van der Waals surface area (Å²) in [5.74, 6) is -4.45. The fourth-order valence-corrected chi connectivity index (χ4v) is 2.60. The number of carbonyl (C=O) groups is 1. The van der Waals surface area contributed by atoms with Gasteiger partial charge in [0.25, 0.3) is 0 Å². The van der Waals surface area contributed by atoms with Crippen LogP contribution in [0.3, 0.4) is 0 Å². The molecule has 0 unspecified atom stereocenters. The maximum absolute atomic E-state index is 13.6. The second kappa shape index (κ2) is 7.06. The molecule has 0 saturated heterocycles. The smallest absolute Gasteiger partial charge is 0.424 e. The lowest BCUT2D eigenvalue weighted by atomic mass is 10.2. The van der Waals surface area contributed by atoms with Crippen LogP contribution in [0.2, 0.25) is 10.0 Å². The number of alkyl halides is 6. The first-order valence-electron chi connectivity index (χ1n) is 7.51. The van der Waals surface area contributed by atoms with E-state index >= 15 is 0 Å². The summed E-state index contributed by atoms with van der Waals surface area (Å²) in [5, 5.41) is 3.23. The number of amides is 2. The van der Waals surface area contributed by atoms with Gasteiger partial charge in [0.15, 0.2) is 11.5 Å². The van der Waals surface area contributed by atoms with Crippen LogP contribution in [-0.4, -0.2) is 18.1 Å². The molecular weight excluding hydrogens is 453 g/mol. The van der Waals surface area contributed by atoms with E-state index in [2.05, 4.69) is 0 Å². The van der Waals surface area contributed by atoms with Gasteiger partial charge >= 0.3 is 24.3 Å². The molecule has 0 atom stereocenters. The summed E-state index contributed by atoms with van der Waals surface area (Å²) < 4.78 is 87.9. The fourth-order valence-electron chi connectivity index (χ4n) is 2.29. The predicted octanol–water partition coefficient (Wildman–Crippen LogP) is 5.82. The first-order chi connectivity index (χ1) is 13.3. The van der Waals surface area contributed by atoms with Gasteiger partial charge in [-0.05, 0) is 24.3 Å². The minimum Gasteiger partial charge on any atom is -0.424 e. The Labute approximate surface area is 168 Å². The highest BCUT2D eigenvalue weighted by Crippen LogP contribution is 2.48. The Kier molecular flexibility index (Phi) is 5.16. The third kappa shape index (κ3) is 4.25. The van der Waals surface area contributed by atoms with Crippen molar-refractivity contribution in [3.05, 3.63) is 52.0 Å². The highest BCUT2D eigenvalue weighted by Gasteiger charge is 2.66. The van der Waals surface area contributed by atoms with E-state index in [9.17, 15) is 31.1 Å². The van der Waals surface area contributed by atoms with Gasteiger partial charge in [-0.1, -0.05) is 23.2 Å². The first kappa shape index (κ1) is 21.2. The SMILES string of the molecule is O=C(Nc1ccc(C(F)(F)F)cc1)NC1(C(F)(F)F)Oc2cc(Cl)c(Cl)cc2O1. The number of rotatable bonds is 2. The molecule has 0 saturated carbocycles. The number of halogens is 8. The zero-order valence-corrected chi connectivity index (χ0v) is 15.2. The Balaban J connectivity index is 1.79. The predicted molar refractivity (Wildman–Crippen MR) is 90.1 cm³/mol. The second-order valence-corrected chi connectivity index (χ2v) is 6.50. The summed E-state index contributed by atoms with van der Waals surface area (Å²) >= 11 is 11.5. The molecule has 0 bridgehead atoms. The zero-order valence-electron chi connectivity index (χ0n) is 13.7. The Bertz CT molecular complexity index is 916. The van der Waals surface area contributed by atoms with Crippen LogP contribution in [0.25, 0.3) is 0 Å². The van der Waals surface area contributed by atoms with E-state index in [1.165, 1.54) is 5.32 Å². The zero-order chi connectivity index (χ0) is 21.6. The molecule has 2 aromatic carbocycles. The summed E-state index contributed by atoms with van der Waals surface area (Å²) in [6.07, 6.45) is -9.86. The molecule has 1 heterocycles. The number of hydrogen-bond donors (Lipinski definition) is 2. The Hall–Kier alpha value is -2.53. The maximum atomic E-state index is 13.6. The minimum absolute atomic E-state index is 0.110. The lowest BCUT2D eigenvalue weighted by Crippen LogP contribution is -2.65. The van der Waals surface area contributed by atoms with Crippen LogP contribution < -0.4 is 20.1 Å². The summed E-state index contributed by atoms with van der Waals surface area (Å²) in [6, 6.07) is 3.53. The molecule has 0 aliphatic carbocycles. The first-order valence-corrected chi connectivity index (χ1v) is 8.26. The lowest BCUT2D eigenvalue weighted by Gasteiger charge is -2.29. The van der Waals surface area contributed by atoms with Crippen molar-refractivity contribution in [2.24, 2.45) is 0 Å². The molecular formula is C16H8Cl2F6N2O3. The van der Waals surface area contributed by atoms with E-state index in [0.717, 1.165) is 24.3 Å². The van der Waals surface area contributed by atoms with E-state index in [-0.39, 0.29) is 15.7 Å². The van der Waals surface area contributed by atoms with Crippen molar-refractivity contribution < 1.29 is 40.6 Å². The van der Waals surface area contributed by atoms with E-state index in [4.69, 9.17) is 32.7 Å². The second-order valence-electron chi connectivity index (χ2n) is 5.69. The number of nitrogens with one attached hydrogen (secondary N) is 2. The number of carbonyl (C=O) groups excluding carboxylic acids is 1. The van der Waals surface area contributed by atoms with Crippen LogP contribution >= 0.6 is 23.2 Å². The average molecular weight is 461 g/mol. The number of fused-ring (bicyclic) bond motifs is 1. The molecule has 0 aromatic heterocycles. The number of anilines is 1. The number of benzene rings is 2. The molecule has 29 heavy (non-hydrogen) atoms. The molecule has 5 nitrogen and oxygen atoms in total. The van der Waals surface area contributed by atoms with Gasteiger partial charge in [0.1, 0.15) is 0 Å². The van der Waals surface area contributed by atoms with Crippen molar-refractivity contribution in [1.29, 1.82) is 0 Å². The lowest BCUT2D eigenvalue weighted by molar-refractivity contribution is -0.317. The van der Waals surface area contributed by atoms with E-state index in [0.29, 0.717) is 12.1 Å². The van der Waals surface area contributed by atoms with Gasteiger partial charge in [0.2, 0.25) is 0 Å². The van der Waals surface area contributed by atoms with E-state index in [1.807, 2.05) is 5.32 Å². The van der Waals surface area contributed by atoms with Crippen LogP contribution in [0.15, 0.2) is 36.4 Å². The van der Waals surface area contributed by atoms with Gasteiger partial charge in [-0.25, -0.2) is 4.79 Å². The summed E-state index contributed by atoms with van der Waals surface area (Å²) in [6.45, 7) is 0. The number of urea groups is 1. The van der Waals surface area contributed by atoms with E-state index < -0.39 is 41.4 Å². The van der Waals surface area contributed by atoms with Crippen molar-refractivity contribution in [3.8, 4) is 11.5 Å². The topological polar surface area (TPSA) is 59.6 Å². The van der Waals surface area contributed by atoms with Gasteiger partial charge in [-0.3, -0.25) is 5.32 Å². The standard InChI is InChI=1S/C16H8Cl2F6N2O3/c17-9-5-11-12(6-10(9)18)29-16(28-11,15(22,23)24)26-13(27)25-8-3-1-7(2-4-8)14(19,20)21/h1-6H,(H2,25,26,27). The molecule has 3 rings (SSSR count). The molecule has 156 valence electrons. The fraction of sp³-hybridized carbons (Fsp3) is 0.188. The van der Waals surface area contributed by atoms with Crippen molar-refractivity contribution >= 4 is 34.9 Å². The molecule has 0 radical (unpaired) electrons. The van der Waals surface area contributed by atoms with Gasteiger partial charge in [-0.15, -0.1) is 0 Å². The number of hydrogen-bond acceptors (Lipinski definition) is 3. The third-order valence-corrected chi connectivity index (χ3v) is 4.34. The third-order valence-electron chi connectivity index (χ3n) is 3.62. The molecule has 1 aliphatic heterocycles. The summed E-state index contributed by atoms with van der Waals surface area (Å²) in [4.78, 5) is 12.0.